The molecule has 1 fully saturated rings. The van der Waals surface area contributed by atoms with E-state index in [0.717, 1.165) is 16.2 Å². The molecule has 3 amide bonds. The summed E-state index contributed by atoms with van der Waals surface area (Å²) in [7, 11) is 0. The van der Waals surface area contributed by atoms with Crippen LogP contribution in [0.25, 0.3) is 0 Å². The van der Waals surface area contributed by atoms with Gasteiger partial charge in [0.2, 0.25) is 5.91 Å². The molecule has 2 N–H and O–H groups in total. The van der Waals surface area contributed by atoms with Gasteiger partial charge in [0, 0.05) is 18.7 Å². The van der Waals surface area contributed by atoms with Gasteiger partial charge in [0.1, 0.15) is 5.00 Å². The lowest BCUT2D eigenvalue weighted by molar-refractivity contribution is -0.302. The molecule has 2 aliphatic heterocycles. The normalized spacial score (nSPS) is 25.1. The summed E-state index contributed by atoms with van der Waals surface area (Å²) in [6.07, 6.45) is 0.348. The molecule has 3 heterocycles. The average Bonchev–Trinajstić information content (AvgIpc) is 2.92. The molecule has 9 heteroatoms. The van der Waals surface area contributed by atoms with Crippen LogP contribution in [0.1, 0.15) is 41.0 Å². The molecule has 8 nitrogen and oxygen atoms in total. The monoisotopic (exact) mass is 311 g/mol. The molecule has 1 aromatic rings. The quantitative estimate of drug-likeness (QED) is 0.787. The Morgan fingerprint density at radius 2 is 2.24 bits per heavy atom. The van der Waals surface area contributed by atoms with Crippen molar-refractivity contribution in [2.45, 2.75) is 26.0 Å². The predicted molar refractivity (Wildman–Crippen MR) is 72.3 cm³/mol. The van der Waals surface area contributed by atoms with Crippen LogP contribution in [0.2, 0.25) is 0 Å². The van der Waals surface area contributed by atoms with E-state index in [0.29, 0.717) is 18.0 Å². The molecule has 21 heavy (non-hydrogen) atoms. The number of carbonyl (C=O) groups is 3. The zero-order valence-electron chi connectivity index (χ0n) is 11.4. The Morgan fingerprint density at radius 1 is 1.48 bits per heavy atom. The van der Waals surface area contributed by atoms with Crippen LogP contribution in [-0.2, 0) is 14.5 Å². The molecule has 1 unspecified atom stereocenters. The summed E-state index contributed by atoms with van der Waals surface area (Å²) in [5, 5.41) is 4.51. The van der Waals surface area contributed by atoms with Crippen LogP contribution in [0.15, 0.2) is 5.38 Å². The van der Waals surface area contributed by atoms with Crippen LogP contribution < -0.4 is 11.0 Å². The van der Waals surface area contributed by atoms with Crippen LogP contribution in [0.5, 0.6) is 0 Å². The Bertz CT molecular complexity index is 635. The highest BCUT2D eigenvalue weighted by molar-refractivity contribution is 7.15. The lowest BCUT2D eigenvalue weighted by Gasteiger charge is -2.38. The summed E-state index contributed by atoms with van der Waals surface area (Å²) in [4.78, 5) is 47.4. The van der Waals surface area contributed by atoms with E-state index in [1.807, 2.05) is 0 Å². The lowest BCUT2D eigenvalue weighted by atomic mass is 10.1. The second-order valence-corrected chi connectivity index (χ2v) is 5.82. The van der Waals surface area contributed by atoms with Gasteiger partial charge in [-0.2, -0.15) is 0 Å². The molecule has 0 spiro atoms. The van der Waals surface area contributed by atoms with E-state index in [4.69, 9.17) is 9.68 Å². The molecule has 3 rings (SSSR count). The number of amides is 3. The number of hydrogen-bond acceptors (Lipinski definition) is 7. The average molecular weight is 311 g/mol. The van der Waals surface area contributed by atoms with E-state index in [1.165, 1.54) is 6.92 Å². The molecule has 1 saturated heterocycles. The van der Waals surface area contributed by atoms with Crippen LogP contribution in [-0.4, -0.2) is 35.0 Å². The second kappa shape index (κ2) is 4.88. The maximum atomic E-state index is 12.6. The highest BCUT2D eigenvalue weighted by Crippen LogP contribution is 2.39. The van der Waals surface area contributed by atoms with Crippen molar-refractivity contribution in [3.8, 4) is 0 Å². The van der Waals surface area contributed by atoms with Crippen molar-refractivity contribution in [3.05, 3.63) is 16.5 Å². The fourth-order valence-corrected chi connectivity index (χ4v) is 3.32. The third kappa shape index (κ3) is 2.14. The van der Waals surface area contributed by atoms with E-state index >= 15 is 0 Å². The Kier molecular flexibility index (Phi) is 3.29. The lowest BCUT2D eigenvalue weighted by Crippen LogP contribution is -2.57. The van der Waals surface area contributed by atoms with Crippen molar-refractivity contribution < 1.29 is 24.1 Å². The number of hydrogen-bond donors (Lipinski definition) is 2. The minimum absolute atomic E-state index is 0.219. The van der Waals surface area contributed by atoms with Crippen molar-refractivity contribution in [2.24, 2.45) is 0 Å². The van der Waals surface area contributed by atoms with Gasteiger partial charge in [-0.15, -0.1) is 11.3 Å². The zero-order chi connectivity index (χ0) is 15.2. The molecule has 0 radical (unpaired) electrons. The molecule has 0 aliphatic carbocycles. The van der Waals surface area contributed by atoms with Crippen molar-refractivity contribution >= 4 is 34.1 Å². The van der Waals surface area contributed by atoms with Gasteiger partial charge >= 0.3 is 0 Å². The van der Waals surface area contributed by atoms with Crippen LogP contribution in [0.4, 0.5) is 5.00 Å². The number of anilines is 1. The highest BCUT2D eigenvalue weighted by atomic mass is 32.1. The van der Waals surface area contributed by atoms with Gasteiger partial charge in [0.05, 0.1) is 17.7 Å². The van der Waals surface area contributed by atoms with E-state index in [-0.39, 0.29) is 17.0 Å². The molecule has 0 bridgehead atoms. The third-order valence-corrected chi connectivity index (χ3v) is 4.29. The number of carbonyl (C=O) groups excluding carboxylic acids is 3. The Morgan fingerprint density at radius 3 is 2.86 bits per heavy atom. The van der Waals surface area contributed by atoms with Gasteiger partial charge in [0.15, 0.2) is 5.72 Å². The van der Waals surface area contributed by atoms with E-state index < -0.39 is 17.5 Å². The number of fused-ring (bicyclic) bond motifs is 1. The molecular weight excluding hydrogens is 298 g/mol. The van der Waals surface area contributed by atoms with Gasteiger partial charge < -0.3 is 5.32 Å². The zero-order valence-corrected chi connectivity index (χ0v) is 12.2. The molecule has 1 aromatic heterocycles. The van der Waals surface area contributed by atoms with E-state index in [9.17, 15) is 14.4 Å². The Labute approximate surface area is 123 Å². The summed E-state index contributed by atoms with van der Waals surface area (Å²) >= 11 is 1.15. The first kappa shape index (κ1) is 14.1. The number of nitrogens with zero attached hydrogens (tertiary/aromatic N) is 1. The van der Waals surface area contributed by atoms with E-state index in [2.05, 4.69) is 11.0 Å². The van der Waals surface area contributed by atoms with Crippen LogP contribution in [0.3, 0.4) is 0 Å². The highest BCUT2D eigenvalue weighted by Gasteiger charge is 2.50. The van der Waals surface area contributed by atoms with Gasteiger partial charge in [-0.25, -0.2) is 9.74 Å². The van der Waals surface area contributed by atoms with Gasteiger partial charge in [-0.05, 0) is 6.92 Å². The topological polar surface area (TPSA) is 97.0 Å². The second-order valence-electron chi connectivity index (χ2n) is 4.94. The Hall–Kier alpha value is -1.81. The number of rotatable bonds is 2. The van der Waals surface area contributed by atoms with Crippen LogP contribution in [0, 0.1) is 0 Å². The molecule has 0 saturated carbocycles. The fourth-order valence-electron chi connectivity index (χ4n) is 2.34. The maximum Gasteiger partial charge on any atom is 0.266 e. The summed E-state index contributed by atoms with van der Waals surface area (Å²) in [5.41, 5.74) is 1.62. The summed E-state index contributed by atoms with van der Waals surface area (Å²) in [6, 6.07) is 0. The van der Waals surface area contributed by atoms with Crippen molar-refractivity contribution in [1.82, 2.24) is 10.5 Å². The number of imide groups is 1. The minimum atomic E-state index is -1.13. The largest absolute Gasteiger partial charge is 0.317 e. The van der Waals surface area contributed by atoms with Gasteiger partial charge in [0.25, 0.3) is 11.8 Å². The molecule has 0 aromatic carbocycles. The summed E-state index contributed by atoms with van der Waals surface area (Å²) in [5.74, 6) is -1.21. The summed E-state index contributed by atoms with van der Waals surface area (Å²) in [6.45, 7) is 3.28. The predicted octanol–water partition coefficient (Wildman–Crippen LogP) is 0.875. The SMILES string of the molecule is CC(=O)Nc1scc2c1C(=O)N(C1(C)CCONO1)C2=O. The standard InChI is InChI=1S/C12H13N3O5S/c1-6(16)13-9-8-7(5-21-9)10(17)15(11(8)18)12(2)3-4-19-14-20-12/h5,14H,3-4H2,1-2H3,(H,13,16). The van der Waals surface area contributed by atoms with Gasteiger partial charge in [-0.1, -0.05) is 5.64 Å². The molecular formula is C12H13N3O5S. The van der Waals surface area contributed by atoms with E-state index in [1.54, 1.807) is 12.3 Å². The number of nitrogens with one attached hydrogen (secondary N) is 2. The maximum absolute atomic E-state index is 12.6. The van der Waals surface area contributed by atoms with Crippen molar-refractivity contribution in [3.63, 3.8) is 0 Å². The van der Waals surface area contributed by atoms with Gasteiger partial charge in [-0.3, -0.25) is 19.2 Å². The smallest absolute Gasteiger partial charge is 0.266 e. The molecule has 2 aliphatic rings. The van der Waals surface area contributed by atoms with Crippen LogP contribution >= 0.6 is 11.3 Å². The number of thiophene rings is 1. The minimum Gasteiger partial charge on any atom is -0.317 e. The first-order valence-corrected chi connectivity index (χ1v) is 7.15. The first-order chi connectivity index (χ1) is 9.94. The molecule has 112 valence electrons. The summed E-state index contributed by atoms with van der Waals surface area (Å²) < 4.78 is 0. The van der Waals surface area contributed by atoms with Crippen molar-refractivity contribution in [2.75, 3.05) is 11.9 Å². The first-order valence-electron chi connectivity index (χ1n) is 6.27. The fraction of sp³-hybridized carbons (Fsp3) is 0.417. The third-order valence-electron chi connectivity index (χ3n) is 3.39. The molecule has 1 atom stereocenters. The Balaban J connectivity index is 1.97. The van der Waals surface area contributed by atoms with Crippen molar-refractivity contribution in [1.29, 1.82) is 0 Å².